The van der Waals surface area contributed by atoms with Gasteiger partial charge in [-0.25, -0.2) is 0 Å². The Kier molecular flexibility index (Phi) is 3.98. The predicted octanol–water partition coefficient (Wildman–Crippen LogP) is -0.234. The molecule has 3 nitrogen and oxygen atoms in total. The first-order chi connectivity index (χ1) is 5.72. The summed E-state index contributed by atoms with van der Waals surface area (Å²) in [6.45, 7) is 3.55. The van der Waals surface area contributed by atoms with Crippen LogP contribution in [0, 0.1) is 11.8 Å². The maximum Gasteiger partial charge on any atom is 0.0471 e. The van der Waals surface area contributed by atoms with Crippen LogP contribution >= 0.6 is 0 Å². The fraction of sp³-hybridized carbons (Fsp3) is 1.00. The highest BCUT2D eigenvalue weighted by Crippen LogP contribution is 2.16. The molecule has 1 rings (SSSR count). The molecule has 0 aromatic carbocycles. The Hall–Kier alpha value is -0.120. The summed E-state index contributed by atoms with van der Waals surface area (Å²) in [5, 5.41) is 12.3. The van der Waals surface area contributed by atoms with Crippen molar-refractivity contribution in [1.82, 2.24) is 10.2 Å². The van der Waals surface area contributed by atoms with E-state index in [0.29, 0.717) is 18.4 Å². The van der Waals surface area contributed by atoms with E-state index in [4.69, 9.17) is 5.11 Å². The Morgan fingerprint density at radius 1 is 1.33 bits per heavy atom. The van der Waals surface area contributed by atoms with Gasteiger partial charge in [-0.1, -0.05) is 0 Å². The molecule has 0 aromatic heterocycles. The average molecular weight is 172 g/mol. The third kappa shape index (κ3) is 3.09. The zero-order chi connectivity index (χ0) is 8.97. The van der Waals surface area contributed by atoms with E-state index in [2.05, 4.69) is 24.3 Å². The lowest BCUT2D eigenvalue weighted by atomic mass is 9.91. The Labute approximate surface area is 74.8 Å². The first-order valence-electron chi connectivity index (χ1n) is 4.68. The van der Waals surface area contributed by atoms with Crippen LogP contribution in [0.25, 0.3) is 0 Å². The van der Waals surface area contributed by atoms with E-state index in [1.165, 1.54) is 6.42 Å². The molecule has 0 spiro atoms. The molecule has 1 fully saturated rings. The standard InChI is InChI=1S/C9H20N2O/c1-11(2)6-8-3-9(7-12)5-10-4-8/h8-10,12H,3-7H2,1-2H3. The van der Waals surface area contributed by atoms with E-state index in [0.717, 1.165) is 19.6 Å². The third-order valence-corrected chi connectivity index (χ3v) is 2.41. The SMILES string of the molecule is CN(C)CC1CNCC(CO)C1. The topological polar surface area (TPSA) is 35.5 Å². The summed E-state index contributed by atoms with van der Waals surface area (Å²) in [5.41, 5.74) is 0. The van der Waals surface area contributed by atoms with Crippen LogP contribution in [0.1, 0.15) is 6.42 Å². The molecule has 0 bridgehead atoms. The summed E-state index contributed by atoms with van der Waals surface area (Å²) in [6, 6.07) is 0. The molecule has 0 amide bonds. The zero-order valence-corrected chi connectivity index (χ0v) is 8.08. The highest BCUT2D eigenvalue weighted by atomic mass is 16.3. The van der Waals surface area contributed by atoms with Gasteiger partial charge >= 0.3 is 0 Å². The maximum atomic E-state index is 8.99. The van der Waals surface area contributed by atoms with E-state index < -0.39 is 0 Å². The smallest absolute Gasteiger partial charge is 0.0471 e. The fourth-order valence-corrected chi connectivity index (χ4v) is 1.92. The molecule has 0 saturated carbocycles. The summed E-state index contributed by atoms with van der Waals surface area (Å²) in [4.78, 5) is 2.21. The van der Waals surface area contributed by atoms with Crippen LogP contribution in [-0.2, 0) is 0 Å². The lowest BCUT2D eigenvalue weighted by molar-refractivity contribution is 0.157. The van der Waals surface area contributed by atoms with E-state index in [-0.39, 0.29) is 0 Å². The Bertz CT molecular complexity index is 128. The summed E-state index contributed by atoms with van der Waals surface area (Å²) in [5.74, 6) is 1.19. The molecule has 12 heavy (non-hydrogen) atoms. The Balaban J connectivity index is 2.25. The highest BCUT2D eigenvalue weighted by Gasteiger charge is 2.20. The van der Waals surface area contributed by atoms with Crippen molar-refractivity contribution in [2.75, 3.05) is 40.3 Å². The second kappa shape index (κ2) is 4.80. The molecule has 0 aliphatic carbocycles. The van der Waals surface area contributed by atoms with Gasteiger partial charge in [0.1, 0.15) is 0 Å². The van der Waals surface area contributed by atoms with E-state index in [9.17, 15) is 0 Å². The minimum Gasteiger partial charge on any atom is -0.396 e. The van der Waals surface area contributed by atoms with Crippen molar-refractivity contribution in [3.05, 3.63) is 0 Å². The molecule has 1 heterocycles. The van der Waals surface area contributed by atoms with Gasteiger partial charge in [0.2, 0.25) is 0 Å². The van der Waals surface area contributed by atoms with Crippen LogP contribution in [0.3, 0.4) is 0 Å². The largest absolute Gasteiger partial charge is 0.396 e. The van der Waals surface area contributed by atoms with Crippen molar-refractivity contribution >= 4 is 0 Å². The van der Waals surface area contributed by atoms with Crippen LogP contribution in [0.2, 0.25) is 0 Å². The van der Waals surface area contributed by atoms with Crippen molar-refractivity contribution in [2.45, 2.75) is 6.42 Å². The number of aliphatic hydroxyl groups is 1. The molecule has 3 heteroatoms. The van der Waals surface area contributed by atoms with E-state index in [1.54, 1.807) is 0 Å². The molecule has 2 atom stereocenters. The second-order valence-corrected chi connectivity index (χ2v) is 4.07. The van der Waals surface area contributed by atoms with Crippen LogP contribution in [0.4, 0.5) is 0 Å². The number of aliphatic hydroxyl groups excluding tert-OH is 1. The predicted molar refractivity (Wildman–Crippen MR) is 50.1 cm³/mol. The van der Waals surface area contributed by atoms with Gasteiger partial charge < -0.3 is 15.3 Å². The van der Waals surface area contributed by atoms with Gasteiger partial charge in [0.05, 0.1) is 0 Å². The van der Waals surface area contributed by atoms with Crippen LogP contribution in [-0.4, -0.2) is 50.3 Å². The van der Waals surface area contributed by atoms with Crippen molar-refractivity contribution in [2.24, 2.45) is 11.8 Å². The minimum atomic E-state index is 0.330. The van der Waals surface area contributed by atoms with E-state index >= 15 is 0 Å². The van der Waals surface area contributed by atoms with Gasteiger partial charge in [-0.3, -0.25) is 0 Å². The third-order valence-electron chi connectivity index (χ3n) is 2.41. The van der Waals surface area contributed by atoms with Crippen molar-refractivity contribution < 1.29 is 5.11 Å². The monoisotopic (exact) mass is 172 g/mol. The van der Waals surface area contributed by atoms with Gasteiger partial charge in [-0.15, -0.1) is 0 Å². The van der Waals surface area contributed by atoms with Gasteiger partial charge in [0.15, 0.2) is 0 Å². The molecule has 1 saturated heterocycles. The van der Waals surface area contributed by atoms with Crippen molar-refractivity contribution in [3.8, 4) is 0 Å². The number of hydrogen-bond donors (Lipinski definition) is 2. The van der Waals surface area contributed by atoms with Gasteiger partial charge in [0.25, 0.3) is 0 Å². The van der Waals surface area contributed by atoms with Crippen LogP contribution in [0.5, 0.6) is 0 Å². The zero-order valence-electron chi connectivity index (χ0n) is 8.08. The highest BCUT2D eigenvalue weighted by molar-refractivity contribution is 4.76. The number of piperidine rings is 1. The number of hydrogen-bond acceptors (Lipinski definition) is 3. The Morgan fingerprint density at radius 2 is 2.00 bits per heavy atom. The average Bonchev–Trinajstić information content (AvgIpc) is 2.03. The molecule has 0 radical (unpaired) electrons. The molecule has 2 N–H and O–H groups in total. The van der Waals surface area contributed by atoms with Gasteiger partial charge in [-0.2, -0.15) is 0 Å². The van der Waals surface area contributed by atoms with E-state index in [1.807, 2.05) is 0 Å². The van der Waals surface area contributed by atoms with Crippen molar-refractivity contribution in [1.29, 1.82) is 0 Å². The fourth-order valence-electron chi connectivity index (χ4n) is 1.92. The normalized spacial score (nSPS) is 31.0. The molecular formula is C9H20N2O. The maximum absolute atomic E-state index is 8.99. The number of nitrogens with one attached hydrogen (secondary N) is 1. The number of rotatable bonds is 3. The molecule has 0 aromatic rings. The lowest BCUT2D eigenvalue weighted by Crippen LogP contribution is -2.41. The molecule has 2 unspecified atom stereocenters. The number of nitrogens with zero attached hydrogens (tertiary/aromatic N) is 1. The lowest BCUT2D eigenvalue weighted by Gasteiger charge is -2.30. The van der Waals surface area contributed by atoms with Crippen molar-refractivity contribution in [3.63, 3.8) is 0 Å². The van der Waals surface area contributed by atoms with Gasteiger partial charge in [0, 0.05) is 19.7 Å². The molecular weight excluding hydrogens is 152 g/mol. The first-order valence-corrected chi connectivity index (χ1v) is 4.68. The van der Waals surface area contributed by atoms with Crippen LogP contribution < -0.4 is 5.32 Å². The summed E-state index contributed by atoms with van der Waals surface area (Å²) in [7, 11) is 4.20. The quantitative estimate of drug-likeness (QED) is 0.617. The summed E-state index contributed by atoms with van der Waals surface area (Å²) in [6.07, 6.45) is 1.17. The first kappa shape index (κ1) is 9.96. The second-order valence-electron chi connectivity index (χ2n) is 4.07. The molecule has 1 aliphatic heterocycles. The van der Waals surface area contributed by atoms with Gasteiger partial charge in [-0.05, 0) is 38.9 Å². The molecule has 1 aliphatic rings. The molecule has 72 valence electrons. The summed E-state index contributed by atoms with van der Waals surface area (Å²) < 4.78 is 0. The van der Waals surface area contributed by atoms with Crippen LogP contribution in [0.15, 0.2) is 0 Å². The summed E-state index contributed by atoms with van der Waals surface area (Å²) >= 11 is 0. The minimum absolute atomic E-state index is 0.330. The Morgan fingerprint density at radius 3 is 2.58 bits per heavy atom.